The molecular weight excluding hydrogens is 408 g/mol. The van der Waals surface area contributed by atoms with E-state index in [-0.39, 0.29) is 11.7 Å². The van der Waals surface area contributed by atoms with Crippen molar-refractivity contribution in [1.82, 2.24) is 0 Å². The molecule has 2 aromatic carbocycles. The monoisotopic (exact) mass is 426 g/mol. The van der Waals surface area contributed by atoms with E-state index < -0.39 is 5.91 Å². The van der Waals surface area contributed by atoms with E-state index >= 15 is 0 Å². The lowest BCUT2D eigenvalue weighted by Gasteiger charge is -2.11. The molecule has 0 saturated carbocycles. The number of carbonyl (C=O) groups is 2. The summed E-state index contributed by atoms with van der Waals surface area (Å²) in [6.07, 6.45) is 4.40. The predicted molar refractivity (Wildman–Crippen MR) is 115 cm³/mol. The van der Waals surface area contributed by atoms with Crippen LogP contribution in [0.2, 0.25) is 5.02 Å². The van der Waals surface area contributed by atoms with E-state index in [9.17, 15) is 9.59 Å². The molecule has 0 radical (unpaired) electrons. The molecule has 1 heterocycles. The molecule has 0 aliphatic carbocycles. The van der Waals surface area contributed by atoms with Crippen molar-refractivity contribution in [3.05, 3.63) is 77.2 Å². The van der Waals surface area contributed by atoms with Gasteiger partial charge in [0.25, 0.3) is 5.91 Å². The van der Waals surface area contributed by atoms with Crippen LogP contribution < -0.4 is 20.1 Å². The molecule has 154 valence electrons. The lowest BCUT2D eigenvalue weighted by atomic mass is 10.2. The first-order chi connectivity index (χ1) is 14.5. The Bertz CT molecular complexity index is 1080. The SMILES string of the molecule is COc1ccc(/C=C/C(=O)Nc2ccc(Cl)cc2NC(=O)c2ccco2)cc1OC. The summed E-state index contributed by atoms with van der Waals surface area (Å²) < 4.78 is 15.5. The molecule has 0 aliphatic rings. The maximum Gasteiger partial charge on any atom is 0.291 e. The number of carbonyl (C=O) groups excluding carboxylic acids is 2. The van der Waals surface area contributed by atoms with E-state index in [4.69, 9.17) is 25.5 Å². The number of furan rings is 1. The Morgan fingerprint density at radius 1 is 0.967 bits per heavy atom. The summed E-state index contributed by atoms with van der Waals surface area (Å²) in [4.78, 5) is 24.6. The largest absolute Gasteiger partial charge is 0.493 e. The fourth-order valence-corrected chi connectivity index (χ4v) is 2.80. The Hall–Kier alpha value is -3.71. The Kier molecular flexibility index (Phi) is 6.77. The number of rotatable bonds is 7. The van der Waals surface area contributed by atoms with Gasteiger partial charge in [0.2, 0.25) is 5.91 Å². The average Bonchev–Trinajstić information content (AvgIpc) is 3.29. The summed E-state index contributed by atoms with van der Waals surface area (Å²) in [6.45, 7) is 0. The average molecular weight is 427 g/mol. The van der Waals surface area contributed by atoms with Crippen LogP contribution in [0.4, 0.5) is 11.4 Å². The third-order valence-corrected chi connectivity index (χ3v) is 4.30. The number of hydrogen-bond donors (Lipinski definition) is 2. The van der Waals surface area contributed by atoms with Gasteiger partial charge >= 0.3 is 0 Å². The van der Waals surface area contributed by atoms with E-state index in [0.29, 0.717) is 27.9 Å². The Labute approximate surface area is 178 Å². The molecule has 30 heavy (non-hydrogen) atoms. The van der Waals surface area contributed by atoms with Crippen molar-refractivity contribution in [2.75, 3.05) is 24.9 Å². The second-order valence-electron chi connectivity index (χ2n) is 6.06. The molecule has 0 bridgehead atoms. The van der Waals surface area contributed by atoms with E-state index in [1.165, 1.54) is 31.6 Å². The van der Waals surface area contributed by atoms with Gasteiger partial charge in [-0.05, 0) is 54.1 Å². The minimum Gasteiger partial charge on any atom is -0.493 e. The van der Waals surface area contributed by atoms with E-state index in [2.05, 4.69) is 10.6 Å². The molecule has 0 unspecified atom stereocenters. The summed E-state index contributed by atoms with van der Waals surface area (Å²) >= 11 is 6.03. The minimum atomic E-state index is -0.460. The van der Waals surface area contributed by atoms with Crippen molar-refractivity contribution in [3.8, 4) is 11.5 Å². The quantitative estimate of drug-likeness (QED) is 0.527. The summed E-state index contributed by atoms with van der Waals surface area (Å²) in [5, 5.41) is 5.80. The smallest absolute Gasteiger partial charge is 0.291 e. The maximum atomic E-state index is 12.4. The van der Waals surface area contributed by atoms with Gasteiger partial charge in [-0.3, -0.25) is 9.59 Å². The van der Waals surface area contributed by atoms with E-state index in [1.807, 2.05) is 0 Å². The number of amides is 2. The fourth-order valence-electron chi connectivity index (χ4n) is 2.62. The van der Waals surface area contributed by atoms with Gasteiger partial charge in [0.1, 0.15) is 0 Å². The first-order valence-electron chi connectivity index (χ1n) is 8.85. The second kappa shape index (κ2) is 9.67. The van der Waals surface area contributed by atoms with E-state index in [1.54, 1.807) is 49.6 Å². The van der Waals surface area contributed by atoms with Crippen molar-refractivity contribution in [1.29, 1.82) is 0 Å². The molecule has 3 rings (SSSR count). The van der Waals surface area contributed by atoms with Crippen LogP contribution in [0.1, 0.15) is 16.1 Å². The number of hydrogen-bond acceptors (Lipinski definition) is 5. The zero-order chi connectivity index (χ0) is 21.5. The van der Waals surface area contributed by atoms with Crippen LogP contribution in [0.25, 0.3) is 6.08 Å². The summed E-state index contributed by atoms with van der Waals surface area (Å²) in [5.41, 5.74) is 1.49. The van der Waals surface area contributed by atoms with Crippen LogP contribution in [-0.4, -0.2) is 26.0 Å². The summed E-state index contributed by atoms with van der Waals surface area (Å²) in [7, 11) is 3.09. The molecule has 1 aromatic heterocycles. The minimum absolute atomic E-state index is 0.139. The van der Waals surface area contributed by atoms with Gasteiger partial charge in [-0.1, -0.05) is 17.7 Å². The molecule has 3 aromatic rings. The van der Waals surface area contributed by atoms with Crippen LogP contribution in [0.5, 0.6) is 11.5 Å². The van der Waals surface area contributed by atoms with Crippen LogP contribution in [0.15, 0.2) is 65.3 Å². The number of benzene rings is 2. The highest BCUT2D eigenvalue weighted by atomic mass is 35.5. The molecule has 0 spiro atoms. The van der Waals surface area contributed by atoms with Crippen LogP contribution in [0.3, 0.4) is 0 Å². The molecule has 8 heteroatoms. The third-order valence-electron chi connectivity index (χ3n) is 4.07. The number of methoxy groups -OCH3 is 2. The van der Waals surface area contributed by atoms with Gasteiger partial charge in [0, 0.05) is 11.1 Å². The lowest BCUT2D eigenvalue weighted by molar-refractivity contribution is -0.111. The van der Waals surface area contributed by atoms with Crippen molar-refractivity contribution in [3.63, 3.8) is 0 Å². The standard InChI is InChI=1S/C22H19ClN2O5/c1-28-18-9-5-14(12-20(18)29-2)6-10-21(26)24-16-8-7-15(23)13-17(16)25-22(27)19-4-3-11-30-19/h3-13H,1-2H3,(H,24,26)(H,25,27)/b10-6+. The topological polar surface area (TPSA) is 89.8 Å². The van der Waals surface area contributed by atoms with Crippen molar-refractivity contribution >= 4 is 40.9 Å². The Balaban J connectivity index is 1.73. The van der Waals surface area contributed by atoms with Gasteiger partial charge in [0.15, 0.2) is 17.3 Å². The highest BCUT2D eigenvalue weighted by Crippen LogP contribution is 2.29. The first-order valence-corrected chi connectivity index (χ1v) is 9.23. The van der Waals surface area contributed by atoms with E-state index in [0.717, 1.165) is 5.56 Å². The number of halogens is 1. The Morgan fingerprint density at radius 2 is 1.77 bits per heavy atom. The predicted octanol–water partition coefficient (Wildman–Crippen LogP) is 4.85. The van der Waals surface area contributed by atoms with Crippen LogP contribution >= 0.6 is 11.6 Å². The highest BCUT2D eigenvalue weighted by molar-refractivity contribution is 6.31. The van der Waals surface area contributed by atoms with Crippen LogP contribution in [-0.2, 0) is 4.79 Å². The normalized spacial score (nSPS) is 10.6. The number of anilines is 2. The molecule has 7 nitrogen and oxygen atoms in total. The maximum absolute atomic E-state index is 12.4. The molecule has 0 aliphatic heterocycles. The first kappa shape index (κ1) is 21.0. The van der Waals surface area contributed by atoms with Crippen molar-refractivity contribution in [2.24, 2.45) is 0 Å². The zero-order valence-electron chi connectivity index (χ0n) is 16.3. The van der Waals surface area contributed by atoms with Crippen molar-refractivity contribution < 1.29 is 23.5 Å². The molecule has 2 amide bonds. The van der Waals surface area contributed by atoms with Gasteiger partial charge in [-0.2, -0.15) is 0 Å². The number of nitrogens with one attached hydrogen (secondary N) is 2. The molecular formula is C22H19ClN2O5. The molecule has 0 fully saturated rings. The highest BCUT2D eigenvalue weighted by Gasteiger charge is 2.13. The lowest BCUT2D eigenvalue weighted by Crippen LogP contribution is -2.15. The molecule has 0 atom stereocenters. The summed E-state index contributed by atoms with van der Waals surface area (Å²) in [6, 6.07) is 13.2. The molecule has 2 N–H and O–H groups in total. The van der Waals surface area contributed by atoms with Gasteiger partial charge in [0.05, 0.1) is 31.9 Å². The fraction of sp³-hybridized carbons (Fsp3) is 0.0909. The van der Waals surface area contributed by atoms with Gasteiger partial charge < -0.3 is 24.5 Å². The molecule has 0 saturated heterocycles. The number of ether oxygens (including phenoxy) is 2. The van der Waals surface area contributed by atoms with Crippen LogP contribution in [0, 0.1) is 0 Å². The second-order valence-corrected chi connectivity index (χ2v) is 6.49. The summed E-state index contributed by atoms with van der Waals surface area (Å²) in [5.74, 6) is 0.442. The third kappa shape index (κ3) is 5.21. The van der Waals surface area contributed by atoms with Gasteiger partial charge in [-0.15, -0.1) is 0 Å². The Morgan fingerprint density at radius 3 is 2.47 bits per heavy atom. The van der Waals surface area contributed by atoms with Crippen molar-refractivity contribution in [2.45, 2.75) is 0 Å². The van der Waals surface area contributed by atoms with Gasteiger partial charge in [-0.25, -0.2) is 0 Å². The zero-order valence-corrected chi connectivity index (χ0v) is 17.0.